The Bertz CT molecular complexity index is 1040. The minimum atomic E-state index is -3.25. The van der Waals surface area contributed by atoms with Gasteiger partial charge in [0.15, 0.2) is 15.0 Å². The second kappa shape index (κ2) is 7.76. The van der Waals surface area contributed by atoms with Crippen molar-refractivity contribution in [3.8, 4) is 11.3 Å². The predicted octanol–water partition coefficient (Wildman–Crippen LogP) is 1.42. The summed E-state index contributed by atoms with van der Waals surface area (Å²) in [6.45, 7) is 3.96. The number of anilines is 1. The summed E-state index contributed by atoms with van der Waals surface area (Å²) >= 11 is 1.31. The summed E-state index contributed by atoms with van der Waals surface area (Å²) in [5.74, 6) is -0.226. The fraction of sp³-hybridized carbons (Fsp3) is 0.188. The standard InChI is InChI=1S/C16H16N6O3S2/c1-3-8-22(15(23)9-21-11-17-19-20-21)16-18-14(10-26-16)12-4-6-13(7-5-12)27(2,24)25/h3-7,10-11H,1,8-9H2,2H3. The number of amides is 1. The molecule has 0 aliphatic heterocycles. The number of thiazole rings is 1. The van der Waals surface area contributed by atoms with Crippen LogP contribution in [0.5, 0.6) is 0 Å². The molecule has 11 heteroatoms. The van der Waals surface area contributed by atoms with E-state index in [1.54, 1.807) is 18.2 Å². The summed E-state index contributed by atoms with van der Waals surface area (Å²) < 4.78 is 24.5. The van der Waals surface area contributed by atoms with Gasteiger partial charge in [0.25, 0.3) is 5.91 Å². The van der Waals surface area contributed by atoms with Gasteiger partial charge in [0.2, 0.25) is 0 Å². The number of sulfone groups is 1. The second-order valence-electron chi connectivity index (χ2n) is 5.61. The lowest BCUT2D eigenvalue weighted by molar-refractivity contribution is -0.119. The van der Waals surface area contributed by atoms with Crippen LogP contribution < -0.4 is 4.90 Å². The number of hydrogen-bond donors (Lipinski definition) is 0. The molecule has 9 nitrogen and oxygen atoms in total. The zero-order chi connectivity index (χ0) is 19.4. The minimum Gasteiger partial charge on any atom is -0.283 e. The highest BCUT2D eigenvalue weighted by Crippen LogP contribution is 2.28. The maximum absolute atomic E-state index is 12.6. The van der Waals surface area contributed by atoms with Crippen molar-refractivity contribution in [1.29, 1.82) is 0 Å². The molecule has 0 spiro atoms. The molecule has 140 valence electrons. The third-order valence-corrected chi connectivity index (χ3v) is 5.59. The molecule has 0 N–H and O–H groups in total. The van der Waals surface area contributed by atoms with Crippen molar-refractivity contribution in [2.75, 3.05) is 17.7 Å². The molecule has 1 aromatic carbocycles. The summed E-state index contributed by atoms with van der Waals surface area (Å²) in [5, 5.41) is 13.0. The van der Waals surface area contributed by atoms with Crippen molar-refractivity contribution in [2.24, 2.45) is 0 Å². The fourth-order valence-corrected chi connectivity index (χ4v) is 3.78. The van der Waals surface area contributed by atoms with Gasteiger partial charge in [0.1, 0.15) is 12.9 Å². The highest BCUT2D eigenvalue weighted by Gasteiger charge is 2.19. The van der Waals surface area contributed by atoms with Gasteiger partial charge in [-0.1, -0.05) is 18.2 Å². The first-order valence-electron chi connectivity index (χ1n) is 7.76. The monoisotopic (exact) mass is 404 g/mol. The van der Waals surface area contributed by atoms with Crippen LogP contribution in [0, 0.1) is 0 Å². The molecular formula is C16H16N6O3S2. The Balaban J connectivity index is 1.83. The molecule has 2 heterocycles. The Morgan fingerprint density at radius 1 is 1.33 bits per heavy atom. The Labute approximate surface area is 159 Å². The lowest BCUT2D eigenvalue weighted by atomic mass is 10.2. The van der Waals surface area contributed by atoms with Gasteiger partial charge >= 0.3 is 0 Å². The molecule has 0 unspecified atom stereocenters. The van der Waals surface area contributed by atoms with E-state index in [1.807, 2.05) is 5.38 Å². The van der Waals surface area contributed by atoms with Crippen LogP contribution in [0.2, 0.25) is 0 Å². The molecule has 2 aromatic heterocycles. The number of aromatic nitrogens is 5. The Kier molecular flexibility index (Phi) is 5.42. The molecule has 3 aromatic rings. The van der Waals surface area contributed by atoms with Crippen LogP contribution in [-0.2, 0) is 21.2 Å². The van der Waals surface area contributed by atoms with Gasteiger partial charge in [-0.2, -0.15) is 0 Å². The minimum absolute atomic E-state index is 0.0151. The van der Waals surface area contributed by atoms with Crippen LogP contribution >= 0.6 is 11.3 Å². The lowest BCUT2D eigenvalue weighted by Gasteiger charge is -2.17. The van der Waals surface area contributed by atoms with E-state index in [9.17, 15) is 13.2 Å². The predicted molar refractivity (Wildman–Crippen MR) is 101 cm³/mol. The van der Waals surface area contributed by atoms with Crippen LogP contribution in [0.3, 0.4) is 0 Å². The van der Waals surface area contributed by atoms with E-state index in [2.05, 4.69) is 27.1 Å². The van der Waals surface area contributed by atoms with E-state index < -0.39 is 9.84 Å². The number of hydrogen-bond acceptors (Lipinski definition) is 8. The van der Waals surface area contributed by atoms with Crippen molar-refractivity contribution in [1.82, 2.24) is 25.2 Å². The Morgan fingerprint density at radius 3 is 2.67 bits per heavy atom. The van der Waals surface area contributed by atoms with Crippen LogP contribution in [0.1, 0.15) is 0 Å². The number of benzene rings is 1. The third kappa shape index (κ3) is 4.44. The third-order valence-electron chi connectivity index (χ3n) is 3.60. The second-order valence-corrected chi connectivity index (χ2v) is 8.46. The highest BCUT2D eigenvalue weighted by molar-refractivity contribution is 7.90. The van der Waals surface area contributed by atoms with Crippen LogP contribution in [0.25, 0.3) is 11.3 Å². The summed E-state index contributed by atoms with van der Waals surface area (Å²) in [5.41, 5.74) is 1.41. The molecule has 0 aliphatic carbocycles. The molecule has 27 heavy (non-hydrogen) atoms. The maximum Gasteiger partial charge on any atom is 0.250 e. The summed E-state index contributed by atoms with van der Waals surface area (Å²) in [4.78, 5) is 18.8. The zero-order valence-electron chi connectivity index (χ0n) is 14.4. The SMILES string of the molecule is C=CCN(C(=O)Cn1cnnn1)c1nc(-c2ccc(S(C)(=O)=O)cc2)cs1. The van der Waals surface area contributed by atoms with E-state index in [4.69, 9.17) is 0 Å². The summed E-state index contributed by atoms with van der Waals surface area (Å²) in [7, 11) is -3.25. The number of tetrazole rings is 1. The molecule has 0 radical (unpaired) electrons. The molecule has 0 aliphatic rings. The van der Waals surface area contributed by atoms with Gasteiger partial charge in [0, 0.05) is 23.7 Å². The first-order chi connectivity index (χ1) is 12.9. The molecule has 0 atom stereocenters. The molecule has 0 fully saturated rings. The summed E-state index contributed by atoms with van der Waals surface area (Å²) in [6.07, 6.45) is 4.13. The van der Waals surface area contributed by atoms with Gasteiger partial charge < -0.3 is 0 Å². The van der Waals surface area contributed by atoms with Crippen molar-refractivity contribution < 1.29 is 13.2 Å². The van der Waals surface area contributed by atoms with Crippen molar-refractivity contribution >= 4 is 32.2 Å². The molecular weight excluding hydrogens is 388 g/mol. The first kappa shape index (κ1) is 18.9. The van der Waals surface area contributed by atoms with Gasteiger partial charge in [-0.25, -0.2) is 18.1 Å². The van der Waals surface area contributed by atoms with E-state index in [0.29, 0.717) is 17.4 Å². The molecule has 0 saturated heterocycles. The van der Waals surface area contributed by atoms with Crippen molar-refractivity contribution in [3.05, 3.63) is 48.6 Å². The van der Waals surface area contributed by atoms with E-state index in [0.717, 1.165) is 11.8 Å². The summed E-state index contributed by atoms with van der Waals surface area (Å²) in [6, 6.07) is 6.45. The smallest absolute Gasteiger partial charge is 0.250 e. The quantitative estimate of drug-likeness (QED) is 0.548. The zero-order valence-corrected chi connectivity index (χ0v) is 16.0. The Hall–Kier alpha value is -2.92. The molecule has 3 rings (SSSR count). The lowest BCUT2D eigenvalue weighted by Crippen LogP contribution is -2.34. The van der Waals surface area contributed by atoms with Crippen molar-refractivity contribution in [2.45, 2.75) is 11.4 Å². The number of carbonyl (C=O) groups is 1. The molecule has 1 amide bonds. The van der Waals surface area contributed by atoms with Crippen LogP contribution in [0.4, 0.5) is 5.13 Å². The average Bonchev–Trinajstić information content (AvgIpc) is 3.31. The maximum atomic E-state index is 12.6. The fourth-order valence-electron chi connectivity index (χ4n) is 2.29. The first-order valence-corrected chi connectivity index (χ1v) is 10.5. The molecule has 0 saturated carbocycles. The number of rotatable bonds is 7. The molecule has 0 bridgehead atoms. The van der Waals surface area contributed by atoms with Gasteiger partial charge in [0.05, 0.1) is 10.6 Å². The topological polar surface area (TPSA) is 111 Å². The Morgan fingerprint density at radius 2 is 2.07 bits per heavy atom. The van der Waals surface area contributed by atoms with Crippen molar-refractivity contribution in [3.63, 3.8) is 0 Å². The highest BCUT2D eigenvalue weighted by atomic mass is 32.2. The van der Waals surface area contributed by atoms with Gasteiger partial charge in [-0.3, -0.25) is 9.69 Å². The number of carbonyl (C=O) groups excluding carboxylic acids is 1. The van der Waals surface area contributed by atoms with E-state index in [-0.39, 0.29) is 17.3 Å². The van der Waals surface area contributed by atoms with E-state index >= 15 is 0 Å². The largest absolute Gasteiger partial charge is 0.283 e. The normalized spacial score (nSPS) is 11.3. The van der Waals surface area contributed by atoms with Crippen LogP contribution in [-0.4, -0.2) is 52.3 Å². The average molecular weight is 404 g/mol. The van der Waals surface area contributed by atoms with Crippen LogP contribution in [0.15, 0.2) is 53.5 Å². The van der Waals surface area contributed by atoms with E-state index in [1.165, 1.54) is 39.4 Å². The number of nitrogens with zero attached hydrogens (tertiary/aromatic N) is 6. The van der Waals surface area contributed by atoms with Gasteiger partial charge in [-0.05, 0) is 22.6 Å². The van der Waals surface area contributed by atoms with Gasteiger partial charge in [-0.15, -0.1) is 23.0 Å².